The average molecular weight is 254 g/mol. The van der Waals surface area contributed by atoms with E-state index < -0.39 is 0 Å². The molecule has 104 valence electrons. The zero-order valence-corrected chi connectivity index (χ0v) is 12.2. The van der Waals surface area contributed by atoms with Crippen LogP contribution in [0, 0.1) is 11.8 Å². The number of rotatable bonds is 5. The van der Waals surface area contributed by atoms with Crippen LogP contribution in [-0.2, 0) is 9.59 Å². The van der Waals surface area contributed by atoms with E-state index in [-0.39, 0.29) is 29.8 Å². The number of hydrogen-bond donors (Lipinski definition) is 1. The fourth-order valence-corrected chi connectivity index (χ4v) is 2.41. The molecule has 3 atom stereocenters. The standard InChI is InChI=1S/C14H26N2O2/c1-6-10(5)8-16-12(9(3)4)13(17)15-11(7-2)14(16)18/h9-12H,6-8H2,1-5H3,(H,15,17). The summed E-state index contributed by atoms with van der Waals surface area (Å²) in [6, 6.07) is -0.647. The topological polar surface area (TPSA) is 49.4 Å². The zero-order valence-electron chi connectivity index (χ0n) is 12.2. The minimum atomic E-state index is -0.337. The number of hydrogen-bond acceptors (Lipinski definition) is 2. The fourth-order valence-electron chi connectivity index (χ4n) is 2.41. The smallest absolute Gasteiger partial charge is 0.245 e. The average Bonchev–Trinajstić information content (AvgIpc) is 2.32. The summed E-state index contributed by atoms with van der Waals surface area (Å²) >= 11 is 0. The summed E-state index contributed by atoms with van der Waals surface area (Å²) in [5, 5.41) is 2.84. The van der Waals surface area contributed by atoms with E-state index in [1.165, 1.54) is 0 Å². The zero-order chi connectivity index (χ0) is 13.9. The summed E-state index contributed by atoms with van der Waals surface area (Å²) in [5.41, 5.74) is 0. The third kappa shape index (κ3) is 3.03. The van der Waals surface area contributed by atoms with Crippen LogP contribution in [0.4, 0.5) is 0 Å². The van der Waals surface area contributed by atoms with Gasteiger partial charge in [0.05, 0.1) is 0 Å². The van der Waals surface area contributed by atoms with Gasteiger partial charge in [-0.2, -0.15) is 0 Å². The van der Waals surface area contributed by atoms with Crippen molar-refractivity contribution in [1.82, 2.24) is 10.2 Å². The molecule has 0 aliphatic carbocycles. The summed E-state index contributed by atoms with van der Waals surface area (Å²) in [7, 11) is 0. The Hall–Kier alpha value is -1.06. The molecule has 1 aliphatic heterocycles. The van der Waals surface area contributed by atoms with Crippen molar-refractivity contribution in [2.45, 2.75) is 59.5 Å². The molecular formula is C14H26N2O2. The van der Waals surface area contributed by atoms with Crippen molar-refractivity contribution in [3.05, 3.63) is 0 Å². The van der Waals surface area contributed by atoms with Gasteiger partial charge in [0.25, 0.3) is 0 Å². The fraction of sp³-hybridized carbons (Fsp3) is 0.857. The number of nitrogens with zero attached hydrogens (tertiary/aromatic N) is 1. The lowest BCUT2D eigenvalue weighted by Gasteiger charge is -2.41. The van der Waals surface area contributed by atoms with Gasteiger partial charge < -0.3 is 10.2 Å². The molecule has 0 bridgehead atoms. The molecule has 1 fully saturated rings. The molecule has 1 N–H and O–H groups in total. The van der Waals surface area contributed by atoms with Gasteiger partial charge in [0.2, 0.25) is 11.8 Å². The van der Waals surface area contributed by atoms with E-state index in [1.807, 2.05) is 20.8 Å². The molecule has 4 nitrogen and oxygen atoms in total. The second-order valence-corrected chi connectivity index (χ2v) is 5.66. The molecule has 2 amide bonds. The number of amides is 2. The van der Waals surface area contributed by atoms with Crippen LogP contribution in [0.25, 0.3) is 0 Å². The Labute approximate surface area is 110 Å². The molecule has 1 heterocycles. The summed E-state index contributed by atoms with van der Waals surface area (Å²) < 4.78 is 0. The molecular weight excluding hydrogens is 228 g/mol. The Morgan fingerprint density at radius 1 is 1.22 bits per heavy atom. The van der Waals surface area contributed by atoms with Gasteiger partial charge in [0.1, 0.15) is 12.1 Å². The normalized spacial score (nSPS) is 26.4. The Kier molecular flexibility index (Phi) is 5.17. The highest BCUT2D eigenvalue weighted by molar-refractivity contribution is 5.97. The Bertz CT molecular complexity index is 315. The van der Waals surface area contributed by atoms with Gasteiger partial charge in [-0.05, 0) is 18.3 Å². The van der Waals surface area contributed by atoms with Gasteiger partial charge in [0, 0.05) is 6.54 Å². The monoisotopic (exact) mass is 254 g/mol. The maximum absolute atomic E-state index is 12.4. The van der Waals surface area contributed by atoms with E-state index in [2.05, 4.69) is 19.2 Å². The number of nitrogens with one attached hydrogen (secondary N) is 1. The van der Waals surface area contributed by atoms with Gasteiger partial charge in [-0.25, -0.2) is 0 Å². The SMILES string of the molecule is CCC(C)CN1C(=O)C(CC)NC(=O)C1C(C)C. The molecule has 3 unspecified atom stereocenters. The van der Waals surface area contributed by atoms with Crippen molar-refractivity contribution >= 4 is 11.8 Å². The Balaban J connectivity index is 2.94. The van der Waals surface area contributed by atoms with Gasteiger partial charge in [-0.15, -0.1) is 0 Å². The number of carbonyl (C=O) groups excluding carboxylic acids is 2. The van der Waals surface area contributed by atoms with Crippen molar-refractivity contribution in [3.8, 4) is 0 Å². The van der Waals surface area contributed by atoms with E-state index in [4.69, 9.17) is 0 Å². The van der Waals surface area contributed by atoms with Crippen LogP contribution < -0.4 is 5.32 Å². The van der Waals surface area contributed by atoms with Crippen LogP contribution in [0.1, 0.15) is 47.5 Å². The predicted molar refractivity (Wildman–Crippen MR) is 72.0 cm³/mol. The predicted octanol–water partition coefficient (Wildman–Crippen LogP) is 1.79. The number of carbonyl (C=O) groups is 2. The maximum atomic E-state index is 12.4. The van der Waals surface area contributed by atoms with Crippen LogP contribution >= 0.6 is 0 Å². The van der Waals surface area contributed by atoms with Gasteiger partial charge in [-0.3, -0.25) is 9.59 Å². The molecule has 0 aromatic carbocycles. The molecule has 0 spiro atoms. The van der Waals surface area contributed by atoms with Crippen molar-refractivity contribution in [3.63, 3.8) is 0 Å². The molecule has 18 heavy (non-hydrogen) atoms. The molecule has 1 saturated heterocycles. The third-order valence-electron chi connectivity index (χ3n) is 3.75. The lowest BCUT2D eigenvalue weighted by molar-refractivity contribution is -0.152. The number of piperazine rings is 1. The first kappa shape index (κ1) is 15.0. The van der Waals surface area contributed by atoms with Crippen molar-refractivity contribution in [2.75, 3.05) is 6.54 Å². The van der Waals surface area contributed by atoms with E-state index in [0.717, 1.165) is 6.42 Å². The summed E-state index contributed by atoms with van der Waals surface area (Å²) in [5.74, 6) is 0.658. The van der Waals surface area contributed by atoms with Crippen LogP contribution in [0.15, 0.2) is 0 Å². The highest BCUT2D eigenvalue weighted by Crippen LogP contribution is 2.20. The highest BCUT2D eigenvalue weighted by Gasteiger charge is 2.41. The van der Waals surface area contributed by atoms with Crippen molar-refractivity contribution in [2.24, 2.45) is 11.8 Å². The van der Waals surface area contributed by atoms with Crippen LogP contribution in [0.3, 0.4) is 0 Å². The lowest BCUT2D eigenvalue weighted by atomic mass is 9.94. The van der Waals surface area contributed by atoms with E-state index in [0.29, 0.717) is 18.9 Å². The maximum Gasteiger partial charge on any atom is 0.245 e. The summed E-state index contributed by atoms with van der Waals surface area (Å²) in [6.07, 6.45) is 1.68. The van der Waals surface area contributed by atoms with Crippen LogP contribution in [0.5, 0.6) is 0 Å². The molecule has 0 saturated carbocycles. The van der Waals surface area contributed by atoms with Gasteiger partial charge >= 0.3 is 0 Å². The highest BCUT2D eigenvalue weighted by atomic mass is 16.2. The first-order valence-electron chi connectivity index (χ1n) is 7.03. The minimum absolute atomic E-state index is 0.000229. The largest absolute Gasteiger partial charge is 0.343 e. The first-order valence-corrected chi connectivity index (χ1v) is 7.03. The first-order chi connectivity index (χ1) is 8.42. The molecule has 1 rings (SSSR count). The van der Waals surface area contributed by atoms with Crippen LogP contribution in [-0.4, -0.2) is 35.3 Å². The summed E-state index contributed by atoms with van der Waals surface area (Å²) in [6.45, 7) is 10.8. The quantitative estimate of drug-likeness (QED) is 0.813. The second-order valence-electron chi connectivity index (χ2n) is 5.66. The van der Waals surface area contributed by atoms with Gasteiger partial charge in [0.15, 0.2) is 0 Å². The molecule has 0 radical (unpaired) electrons. The van der Waals surface area contributed by atoms with E-state index in [9.17, 15) is 9.59 Å². The third-order valence-corrected chi connectivity index (χ3v) is 3.75. The second kappa shape index (κ2) is 6.21. The summed E-state index contributed by atoms with van der Waals surface area (Å²) in [4.78, 5) is 26.3. The Morgan fingerprint density at radius 3 is 2.28 bits per heavy atom. The molecule has 4 heteroatoms. The van der Waals surface area contributed by atoms with Crippen molar-refractivity contribution in [1.29, 1.82) is 0 Å². The van der Waals surface area contributed by atoms with E-state index in [1.54, 1.807) is 4.90 Å². The molecule has 0 aromatic heterocycles. The molecule has 0 aromatic rings. The Morgan fingerprint density at radius 2 is 1.83 bits per heavy atom. The van der Waals surface area contributed by atoms with E-state index >= 15 is 0 Å². The van der Waals surface area contributed by atoms with Crippen LogP contribution in [0.2, 0.25) is 0 Å². The van der Waals surface area contributed by atoms with Gasteiger partial charge in [-0.1, -0.05) is 41.0 Å². The minimum Gasteiger partial charge on any atom is -0.343 e. The lowest BCUT2D eigenvalue weighted by Crippen LogP contribution is -2.65. The van der Waals surface area contributed by atoms with Crippen molar-refractivity contribution < 1.29 is 9.59 Å². The molecule has 1 aliphatic rings.